The highest BCUT2D eigenvalue weighted by Gasteiger charge is 2.47. The maximum atomic E-state index is 11.8. The molecule has 5 heteroatoms. The number of anilines is 6. The summed E-state index contributed by atoms with van der Waals surface area (Å²) in [4.78, 5) is 3.86. The fourth-order valence-corrected chi connectivity index (χ4v) is 14.8. The summed E-state index contributed by atoms with van der Waals surface area (Å²) >= 11 is 0. The van der Waals surface area contributed by atoms with Crippen molar-refractivity contribution in [2.75, 3.05) is 9.80 Å². The molecule has 0 fully saturated rings. The van der Waals surface area contributed by atoms with Gasteiger partial charge in [0, 0.05) is 77.9 Å². The van der Waals surface area contributed by atoms with Gasteiger partial charge < -0.3 is 18.9 Å². The van der Waals surface area contributed by atoms with Crippen LogP contribution in [-0.4, -0.2) is 15.8 Å². The summed E-state index contributed by atoms with van der Waals surface area (Å²) in [5, 5.41) is -0.762. The van der Waals surface area contributed by atoms with Gasteiger partial charge in [0.05, 0.1) is 65.0 Å². The predicted molar refractivity (Wildman–Crippen MR) is 432 cm³/mol. The first-order valence-corrected chi connectivity index (χ1v) is 33.9. The maximum Gasteiger partial charge on any atom is 0.252 e. The minimum Gasteiger partial charge on any atom is -0.310 e. The summed E-state index contributed by atoms with van der Waals surface area (Å²) in [6, 6.07) is 40.5. The van der Waals surface area contributed by atoms with E-state index in [0.717, 1.165) is 15.7 Å². The lowest BCUT2D eigenvalue weighted by Gasteiger charge is -2.47. The van der Waals surface area contributed by atoms with Crippen LogP contribution in [0.2, 0.25) is 0 Å². The van der Waals surface area contributed by atoms with Gasteiger partial charge in [-0.3, -0.25) is 0 Å². The monoisotopic (exact) mass is 1320 g/mol. The molecule has 486 valence electrons. The lowest BCUT2D eigenvalue weighted by molar-refractivity contribution is 0.590. The largest absolute Gasteiger partial charge is 0.310 e. The van der Waals surface area contributed by atoms with Gasteiger partial charge in [0.2, 0.25) is 0 Å². The van der Waals surface area contributed by atoms with Crippen molar-refractivity contribution in [1.82, 2.24) is 9.13 Å². The molecule has 0 bridgehead atoms. The minimum atomic E-state index is -1.60. The molecule has 0 spiro atoms. The van der Waals surface area contributed by atoms with E-state index < -0.39 is 179 Å². The first kappa shape index (κ1) is 41.7. The molecule has 14 aromatic carbocycles. The van der Waals surface area contributed by atoms with Crippen LogP contribution < -0.4 is 26.2 Å². The molecule has 101 heavy (non-hydrogen) atoms. The van der Waals surface area contributed by atoms with Gasteiger partial charge in [-0.25, -0.2) is 0 Å². The van der Waals surface area contributed by atoms with Gasteiger partial charge in [-0.1, -0.05) is 286 Å². The number of benzene rings is 14. The number of hydrogen-bond donors (Lipinski definition) is 0. The minimum absolute atomic E-state index is 0.0574. The third-order valence-electron chi connectivity index (χ3n) is 19.8. The highest BCUT2D eigenvalue weighted by atomic mass is 15.2. The molecule has 0 N–H and O–H groups in total. The molecule has 0 radical (unpaired) electrons. The van der Waals surface area contributed by atoms with E-state index in [1.165, 1.54) is 22.8 Å². The van der Waals surface area contributed by atoms with E-state index in [9.17, 15) is 21.9 Å². The molecule has 0 unspecified atom stereocenters. The number of rotatable bonds is 9. The Hall–Kier alpha value is -11.7. The topological polar surface area (TPSA) is 16.3 Å². The van der Waals surface area contributed by atoms with E-state index in [-0.39, 0.29) is 71.7 Å². The molecule has 2 aromatic heterocycles. The average Bonchev–Trinajstić information content (AvgIpc) is 0.899. The zero-order chi connectivity index (χ0) is 88.6. The van der Waals surface area contributed by atoms with Crippen LogP contribution >= 0.6 is 0 Å². The Morgan fingerprint density at radius 2 is 0.634 bits per heavy atom. The van der Waals surface area contributed by atoms with Gasteiger partial charge in [0.15, 0.2) is 0 Å². The van der Waals surface area contributed by atoms with E-state index in [2.05, 4.69) is 65.8 Å². The van der Waals surface area contributed by atoms with Gasteiger partial charge >= 0.3 is 0 Å². The fourth-order valence-electron chi connectivity index (χ4n) is 14.8. The van der Waals surface area contributed by atoms with Crippen LogP contribution in [0, 0.1) is 0 Å². The second-order valence-electron chi connectivity index (χ2n) is 29.1. The van der Waals surface area contributed by atoms with Gasteiger partial charge in [0.25, 0.3) is 6.71 Å². The highest BCUT2D eigenvalue weighted by Crippen LogP contribution is 2.56. The maximum absolute atomic E-state index is 11.8. The van der Waals surface area contributed by atoms with E-state index in [0.29, 0.717) is 78.3 Å². The molecular weight excluding hydrogens is 1220 g/mol. The van der Waals surface area contributed by atoms with Crippen LogP contribution in [0.4, 0.5) is 34.1 Å². The molecule has 0 saturated heterocycles. The van der Waals surface area contributed by atoms with Crippen molar-refractivity contribution in [3.63, 3.8) is 0 Å². The second kappa shape index (κ2) is 23.5. The Labute approximate surface area is 626 Å². The Balaban J connectivity index is 1.11. The Morgan fingerprint density at radius 1 is 0.287 bits per heavy atom. The molecule has 4 heterocycles. The van der Waals surface area contributed by atoms with E-state index in [1.54, 1.807) is 0 Å². The normalized spacial score (nSPS) is 16.1. The van der Waals surface area contributed by atoms with Crippen molar-refractivity contribution in [3.8, 4) is 67.0 Å². The number of para-hydroxylation sites is 3. The van der Waals surface area contributed by atoms with E-state index in [4.69, 9.17) is 9.60 Å². The molecule has 0 atom stereocenters. The fraction of sp³-hybridized carbons (Fsp3) is 0.125. The van der Waals surface area contributed by atoms with E-state index >= 15 is 0 Å². The smallest absolute Gasteiger partial charge is 0.252 e. The Kier molecular flexibility index (Phi) is 9.70. The third kappa shape index (κ3) is 10.2. The van der Waals surface area contributed by atoms with Crippen molar-refractivity contribution in [3.05, 3.63) is 332 Å². The summed E-state index contributed by atoms with van der Waals surface area (Å²) in [6.07, 6.45) is 0. The molecule has 2 aliphatic rings. The van der Waals surface area contributed by atoms with Crippen LogP contribution in [0.25, 0.3) is 111 Å². The van der Waals surface area contributed by atoms with Crippen molar-refractivity contribution in [2.45, 2.75) is 78.6 Å². The van der Waals surface area contributed by atoms with Gasteiger partial charge in [0.1, 0.15) is 0 Å². The van der Waals surface area contributed by atoms with Crippen LogP contribution in [-0.2, 0) is 16.2 Å². The van der Waals surface area contributed by atoms with Crippen LogP contribution in [0.15, 0.2) is 315 Å². The lowest BCUT2D eigenvalue weighted by atomic mass is 9.33. The summed E-state index contributed by atoms with van der Waals surface area (Å²) in [5.74, 6) is 0. The highest BCUT2D eigenvalue weighted by molar-refractivity contribution is 7.00. The van der Waals surface area contributed by atoms with Crippen molar-refractivity contribution in [2.24, 2.45) is 0 Å². The summed E-state index contributed by atoms with van der Waals surface area (Å²) < 4.78 is 230. The predicted octanol–water partition coefficient (Wildman–Crippen LogP) is 24.2. The molecule has 4 nitrogen and oxygen atoms in total. The first-order valence-electron chi connectivity index (χ1n) is 45.4. The van der Waals surface area contributed by atoms with Gasteiger partial charge in [-0.15, -0.1) is 0 Å². The standard InChI is InChI=1S/C96H79BN4/c1-94(2,3)68-54-76(63-33-17-11-18-34-63)92(77(55-68)64-35-19-12-20-36-64)100-87-60-71(98-83-44-28-25-41-73(83)74-42-26-29-45-84(74)98)48-50-81(87)97-82-51-49-72(99-85-46-30-27-43-75(85)80-53-67(47-52-86(80)99)62-31-15-10-16-32-62)61-88(82)101(90-59-70(96(7,8)9)58-89(100)91(90)97)93-78(65-37-21-13-22-38-65)56-69(95(4,5)6)57-79(93)66-39-23-14-24-40-66/h10-61H,1-9H3/i10D,15D,16D,25D,26D,27D,28D,29D,30D,31D,32D,41D,42D,43D,44D,45D,46D,48D,49D,50D,51D,60D,61D. The van der Waals surface area contributed by atoms with E-state index in [1.807, 2.05) is 164 Å². The zero-order valence-electron chi connectivity index (χ0n) is 80.1. The van der Waals surface area contributed by atoms with Crippen molar-refractivity contribution < 1.29 is 31.5 Å². The second-order valence-corrected chi connectivity index (χ2v) is 29.1. The molecule has 0 saturated carbocycles. The van der Waals surface area contributed by atoms with Crippen LogP contribution in [0.1, 0.15) is 111 Å². The number of hydrogen-bond acceptors (Lipinski definition) is 2. The first-order chi connectivity index (χ1) is 58.6. The third-order valence-corrected chi connectivity index (χ3v) is 19.8. The summed E-state index contributed by atoms with van der Waals surface area (Å²) in [6.45, 7) is 17.1. The molecule has 0 aliphatic carbocycles. The quantitative estimate of drug-likeness (QED) is 0.134. The lowest BCUT2D eigenvalue weighted by Crippen LogP contribution is -2.61. The molecule has 18 rings (SSSR count). The number of aromatic nitrogens is 2. The summed E-state index contributed by atoms with van der Waals surface area (Å²) in [5.41, 5.74) is 5.06. The number of nitrogens with zero attached hydrogens (tertiary/aromatic N) is 4. The SMILES string of the molecule is [2H]c1c([2H])c([2H])c(-c2ccc3c(c2)c2c([2H])c([2H])c([2H])c([2H])c2n3-c2c([2H])c([2H])c3c(c2[2H])N(c2c(-c4ccccc4)cc(C(C)(C)C)cc2-c2ccccc2)c2cc(C(C)(C)C)cc4c2B3c2c([2H])c([2H])c(-n3c5c([2H])c([2H])c([2H])c([2H])c5c5c([2H])c([2H])c([2H])c([2H])c53)c([2H])c2N4c2c(-c3ccccc3)cc(C(C)(C)C)cc2-c2ccccc2)c([2H])c1[2H]. The molecule has 2 aliphatic heterocycles. The van der Waals surface area contributed by atoms with Gasteiger partial charge in [-0.05, 0) is 174 Å². The number of fused-ring (bicyclic) bond motifs is 10. The van der Waals surface area contributed by atoms with Crippen molar-refractivity contribution in [1.29, 1.82) is 0 Å². The molecule has 16 aromatic rings. The average molecular weight is 1320 g/mol. The Morgan fingerprint density at radius 3 is 1.02 bits per heavy atom. The van der Waals surface area contributed by atoms with Gasteiger partial charge in [-0.2, -0.15) is 0 Å². The molecule has 0 amide bonds. The Bertz CT molecular complexity index is 7170. The zero-order valence-corrected chi connectivity index (χ0v) is 57.1. The van der Waals surface area contributed by atoms with Crippen LogP contribution in [0.3, 0.4) is 0 Å². The van der Waals surface area contributed by atoms with Crippen molar-refractivity contribution >= 4 is 101 Å². The summed E-state index contributed by atoms with van der Waals surface area (Å²) in [7, 11) is 0. The van der Waals surface area contributed by atoms with Crippen LogP contribution in [0.5, 0.6) is 0 Å². The molecular formula is C96H79BN4.